The van der Waals surface area contributed by atoms with Crippen molar-refractivity contribution in [3.63, 3.8) is 0 Å². The predicted molar refractivity (Wildman–Crippen MR) is 139 cm³/mol. The van der Waals surface area contributed by atoms with Crippen molar-refractivity contribution < 1.29 is 9.53 Å². The molecule has 1 N–H and O–H groups in total. The second kappa shape index (κ2) is 10.5. The molecule has 4 rings (SSSR count). The molecule has 0 aromatic heterocycles. The third-order valence-corrected chi connectivity index (χ3v) is 6.33. The fourth-order valence-electron chi connectivity index (χ4n) is 3.37. The highest BCUT2D eigenvalue weighted by Gasteiger charge is 2.12. The molecule has 0 radical (unpaired) electrons. The van der Waals surface area contributed by atoms with E-state index in [1.807, 2.05) is 60.7 Å². The van der Waals surface area contributed by atoms with E-state index in [-0.39, 0.29) is 5.57 Å². The van der Waals surface area contributed by atoms with Crippen molar-refractivity contribution in [3.05, 3.63) is 111 Å². The molecule has 33 heavy (non-hydrogen) atoms. The van der Waals surface area contributed by atoms with Crippen LogP contribution in [-0.2, 0) is 11.4 Å². The lowest BCUT2D eigenvalue weighted by atomic mass is 10.1. The van der Waals surface area contributed by atoms with Crippen molar-refractivity contribution in [2.24, 2.45) is 0 Å². The number of para-hydroxylation sites is 1. The minimum absolute atomic E-state index is 0.00192. The summed E-state index contributed by atoms with van der Waals surface area (Å²) < 4.78 is 7.52. The Morgan fingerprint density at radius 2 is 1.70 bits per heavy atom. The molecule has 4 aromatic carbocycles. The predicted octanol–water partition coefficient (Wildman–Crippen LogP) is 7.49. The van der Waals surface area contributed by atoms with Gasteiger partial charge in [-0.2, -0.15) is 5.26 Å². The molecule has 0 heterocycles. The Labute approximate surface area is 208 Å². The highest BCUT2D eigenvalue weighted by Crippen LogP contribution is 2.29. The molecule has 0 aliphatic carbocycles. The van der Waals surface area contributed by atoms with Gasteiger partial charge in [-0.1, -0.05) is 60.7 Å². The molecule has 0 spiro atoms. The summed E-state index contributed by atoms with van der Waals surface area (Å²) in [4.78, 5) is 12.6. The van der Waals surface area contributed by atoms with E-state index in [0.717, 1.165) is 19.9 Å². The van der Waals surface area contributed by atoms with Gasteiger partial charge in [0.15, 0.2) is 0 Å². The van der Waals surface area contributed by atoms with Crippen LogP contribution < -0.4 is 10.1 Å². The van der Waals surface area contributed by atoms with Gasteiger partial charge in [0.1, 0.15) is 24.0 Å². The summed E-state index contributed by atoms with van der Waals surface area (Å²) in [7, 11) is 0. The molecule has 0 unspecified atom stereocenters. The molecule has 4 nitrogen and oxygen atoms in total. The number of nitrogens with one attached hydrogen (secondary N) is 1. The highest BCUT2D eigenvalue weighted by atomic mass is 79.9. The van der Waals surface area contributed by atoms with Crippen molar-refractivity contribution in [2.45, 2.75) is 6.61 Å². The van der Waals surface area contributed by atoms with Crippen LogP contribution in [0.25, 0.3) is 16.8 Å². The van der Waals surface area contributed by atoms with Crippen LogP contribution in [-0.4, -0.2) is 5.91 Å². The summed E-state index contributed by atoms with van der Waals surface area (Å²) in [5.41, 5.74) is 2.40. The van der Waals surface area contributed by atoms with Crippen LogP contribution in [0.15, 0.2) is 99.4 Å². The van der Waals surface area contributed by atoms with Crippen LogP contribution in [0.1, 0.15) is 11.1 Å². The summed E-state index contributed by atoms with van der Waals surface area (Å²) in [6.45, 7) is 0.424. The maximum absolute atomic E-state index is 12.6. The third-order valence-electron chi connectivity index (χ3n) is 5.02. The number of benzene rings is 4. The molecule has 0 aliphatic rings. The van der Waals surface area contributed by atoms with E-state index in [2.05, 4.69) is 61.4 Å². The molecule has 0 aliphatic heterocycles. The number of ether oxygens (including phenoxy) is 1. The standard InChI is InChI=1S/C27H18Br2N2O2/c28-23-10-3-4-11-25(23)31-27(32)21(16-30)14-18-12-13-26(24(29)15-18)33-17-20-8-5-7-19-6-1-2-9-22(19)20/h1-15H,17H2,(H,31,32)/b21-14+. The maximum atomic E-state index is 12.6. The number of nitriles is 1. The van der Waals surface area contributed by atoms with Gasteiger partial charge in [0.05, 0.1) is 10.2 Å². The van der Waals surface area contributed by atoms with Crippen molar-refractivity contribution in [2.75, 3.05) is 5.32 Å². The topological polar surface area (TPSA) is 62.1 Å². The van der Waals surface area contributed by atoms with E-state index < -0.39 is 5.91 Å². The summed E-state index contributed by atoms with van der Waals surface area (Å²) in [5.74, 6) is 0.202. The first kappa shape index (κ1) is 22.8. The van der Waals surface area contributed by atoms with Crippen LogP contribution in [0.5, 0.6) is 5.75 Å². The number of rotatable bonds is 6. The zero-order valence-corrected chi connectivity index (χ0v) is 20.6. The zero-order valence-electron chi connectivity index (χ0n) is 17.4. The molecule has 6 heteroatoms. The molecular formula is C27H18Br2N2O2. The van der Waals surface area contributed by atoms with E-state index in [4.69, 9.17) is 4.74 Å². The normalized spacial score (nSPS) is 11.1. The number of carbonyl (C=O) groups excluding carboxylic acids is 1. The SMILES string of the molecule is N#C/C(=C\c1ccc(OCc2cccc3ccccc23)c(Br)c1)C(=O)Nc1ccccc1Br. The number of halogens is 2. The summed E-state index contributed by atoms with van der Waals surface area (Å²) in [6, 6.07) is 29.0. The average Bonchev–Trinajstić information content (AvgIpc) is 2.83. The van der Waals surface area contributed by atoms with Crippen molar-refractivity contribution >= 4 is 60.3 Å². The Hall–Kier alpha value is -3.40. The van der Waals surface area contributed by atoms with E-state index in [1.165, 1.54) is 5.39 Å². The maximum Gasteiger partial charge on any atom is 0.266 e. The summed E-state index contributed by atoms with van der Waals surface area (Å²) in [6.07, 6.45) is 1.55. The smallest absolute Gasteiger partial charge is 0.266 e. The molecule has 0 saturated carbocycles. The number of amides is 1. The number of carbonyl (C=O) groups is 1. The monoisotopic (exact) mass is 560 g/mol. The Balaban J connectivity index is 1.49. The lowest BCUT2D eigenvalue weighted by Crippen LogP contribution is -2.13. The first-order chi connectivity index (χ1) is 16.0. The lowest BCUT2D eigenvalue weighted by Gasteiger charge is -2.11. The highest BCUT2D eigenvalue weighted by molar-refractivity contribution is 9.11. The summed E-state index contributed by atoms with van der Waals surface area (Å²) in [5, 5.41) is 14.6. The second-order valence-electron chi connectivity index (χ2n) is 7.22. The first-order valence-corrected chi connectivity index (χ1v) is 11.7. The van der Waals surface area contributed by atoms with Crippen LogP contribution >= 0.6 is 31.9 Å². The number of hydrogen-bond donors (Lipinski definition) is 1. The molecule has 162 valence electrons. The molecule has 0 saturated heterocycles. The van der Waals surface area contributed by atoms with Crippen LogP contribution in [0, 0.1) is 11.3 Å². The van der Waals surface area contributed by atoms with Gasteiger partial charge >= 0.3 is 0 Å². The molecule has 0 fully saturated rings. The van der Waals surface area contributed by atoms with Crippen LogP contribution in [0.4, 0.5) is 5.69 Å². The van der Waals surface area contributed by atoms with Crippen LogP contribution in [0.3, 0.4) is 0 Å². The van der Waals surface area contributed by atoms with Gasteiger partial charge in [0, 0.05) is 4.47 Å². The van der Waals surface area contributed by atoms with Gasteiger partial charge in [0.2, 0.25) is 0 Å². The van der Waals surface area contributed by atoms with E-state index in [1.54, 1.807) is 12.1 Å². The number of anilines is 1. The molecule has 0 bridgehead atoms. The van der Waals surface area contributed by atoms with Crippen molar-refractivity contribution in [3.8, 4) is 11.8 Å². The van der Waals surface area contributed by atoms with E-state index in [9.17, 15) is 10.1 Å². The number of fused-ring (bicyclic) bond motifs is 1. The van der Waals surface area contributed by atoms with Crippen molar-refractivity contribution in [1.29, 1.82) is 5.26 Å². The quantitative estimate of drug-likeness (QED) is 0.196. The van der Waals surface area contributed by atoms with Gasteiger partial charge in [-0.25, -0.2) is 0 Å². The van der Waals surface area contributed by atoms with Crippen molar-refractivity contribution in [1.82, 2.24) is 0 Å². The van der Waals surface area contributed by atoms with Crippen LogP contribution in [0.2, 0.25) is 0 Å². The van der Waals surface area contributed by atoms with Gasteiger partial charge in [-0.05, 0) is 84.1 Å². The lowest BCUT2D eigenvalue weighted by molar-refractivity contribution is -0.112. The first-order valence-electron chi connectivity index (χ1n) is 10.1. The van der Waals surface area contributed by atoms with Gasteiger partial charge in [-0.15, -0.1) is 0 Å². The molecule has 1 amide bonds. The Bertz CT molecular complexity index is 1400. The Morgan fingerprint density at radius 3 is 2.48 bits per heavy atom. The van der Waals surface area contributed by atoms with Gasteiger partial charge in [0.25, 0.3) is 5.91 Å². The zero-order chi connectivity index (χ0) is 23.2. The summed E-state index contributed by atoms with van der Waals surface area (Å²) >= 11 is 6.93. The minimum atomic E-state index is -0.475. The third kappa shape index (κ3) is 5.51. The fraction of sp³-hybridized carbons (Fsp3) is 0.0370. The fourth-order valence-corrected chi connectivity index (χ4v) is 4.26. The largest absolute Gasteiger partial charge is 0.488 e. The van der Waals surface area contributed by atoms with E-state index >= 15 is 0 Å². The number of hydrogen-bond acceptors (Lipinski definition) is 3. The molecule has 4 aromatic rings. The molecule has 0 atom stereocenters. The second-order valence-corrected chi connectivity index (χ2v) is 8.93. The molecular weight excluding hydrogens is 544 g/mol. The Morgan fingerprint density at radius 1 is 0.939 bits per heavy atom. The van der Waals surface area contributed by atoms with Gasteiger partial charge in [-0.3, -0.25) is 4.79 Å². The minimum Gasteiger partial charge on any atom is -0.488 e. The number of nitrogens with zero attached hydrogens (tertiary/aromatic N) is 1. The van der Waals surface area contributed by atoms with Gasteiger partial charge < -0.3 is 10.1 Å². The van der Waals surface area contributed by atoms with E-state index in [0.29, 0.717) is 23.6 Å². The average molecular weight is 562 g/mol. The Kier molecular flexibility index (Phi) is 7.23.